The third-order valence-electron chi connectivity index (χ3n) is 6.04. The molecular formula is C26H46O3S. The first-order chi connectivity index (χ1) is 14.5. The molecule has 1 rings (SSSR count). The van der Waals surface area contributed by atoms with Gasteiger partial charge in [-0.1, -0.05) is 128 Å². The van der Waals surface area contributed by atoms with Gasteiger partial charge in [0.15, 0.2) is 0 Å². The van der Waals surface area contributed by atoms with E-state index >= 15 is 0 Å². The molecule has 0 unspecified atom stereocenters. The van der Waals surface area contributed by atoms with E-state index < -0.39 is 10.1 Å². The van der Waals surface area contributed by atoms with E-state index in [1.54, 1.807) is 12.1 Å². The van der Waals surface area contributed by atoms with Crippen molar-refractivity contribution < 1.29 is 13.0 Å². The molecule has 0 atom stereocenters. The number of aryl methyl sites for hydroxylation is 1. The fourth-order valence-corrected chi connectivity index (χ4v) is 4.54. The Morgan fingerprint density at radius 3 is 1.23 bits per heavy atom. The van der Waals surface area contributed by atoms with E-state index in [-0.39, 0.29) is 4.90 Å². The van der Waals surface area contributed by atoms with Gasteiger partial charge in [-0.25, -0.2) is 0 Å². The average molecular weight is 439 g/mol. The van der Waals surface area contributed by atoms with Crippen LogP contribution in [-0.4, -0.2) is 13.0 Å². The maximum absolute atomic E-state index is 11.0. The van der Waals surface area contributed by atoms with Crippen LogP contribution in [0.15, 0.2) is 29.2 Å². The molecule has 0 amide bonds. The molecule has 0 saturated heterocycles. The van der Waals surface area contributed by atoms with Crippen molar-refractivity contribution in [2.24, 2.45) is 0 Å². The highest BCUT2D eigenvalue weighted by Crippen LogP contribution is 2.16. The van der Waals surface area contributed by atoms with Gasteiger partial charge in [0.05, 0.1) is 4.90 Å². The van der Waals surface area contributed by atoms with Gasteiger partial charge in [0, 0.05) is 0 Å². The topological polar surface area (TPSA) is 54.4 Å². The average Bonchev–Trinajstić information content (AvgIpc) is 2.72. The third kappa shape index (κ3) is 15.0. The predicted molar refractivity (Wildman–Crippen MR) is 129 cm³/mol. The zero-order valence-corrected chi connectivity index (χ0v) is 20.2. The Morgan fingerprint density at radius 1 is 0.567 bits per heavy atom. The number of hydrogen-bond donors (Lipinski definition) is 1. The lowest BCUT2D eigenvalue weighted by Crippen LogP contribution is -1.98. The number of hydrogen-bond acceptors (Lipinski definition) is 2. The van der Waals surface area contributed by atoms with Gasteiger partial charge >= 0.3 is 0 Å². The molecule has 1 aromatic carbocycles. The summed E-state index contributed by atoms with van der Waals surface area (Å²) in [5.74, 6) is 0. The molecule has 0 saturated carbocycles. The van der Waals surface area contributed by atoms with Crippen LogP contribution in [0.4, 0.5) is 0 Å². The van der Waals surface area contributed by atoms with Crippen LogP contribution in [0, 0.1) is 0 Å². The molecule has 0 radical (unpaired) electrons. The summed E-state index contributed by atoms with van der Waals surface area (Å²) < 4.78 is 31.1. The molecule has 0 heterocycles. The summed E-state index contributed by atoms with van der Waals surface area (Å²) in [6, 6.07) is 6.58. The molecule has 1 N–H and O–H groups in total. The lowest BCUT2D eigenvalue weighted by molar-refractivity contribution is 0.483. The Bertz CT molecular complexity index is 608. The Balaban J connectivity index is 1.82. The Labute approximate surface area is 186 Å². The Hall–Kier alpha value is -0.870. The fraction of sp³-hybridized carbons (Fsp3) is 0.769. The first kappa shape index (κ1) is 27.2. The van der Waals surface area contributed by atoms with Gasteiger partial charge in [0.1, 0.15) is 0 Å². The predicted octanol–water partition coefficient (Wildman–Crippen LogP) is 8.52. The summed E-state index contributed by atoms with van der Waals surface area (Å²) in [6.07, 6.45) is 25.8. The van der Waals surface area contributed by atoms with E-state index in [4.69, 9.17) is 4.55 Å². The summed E-state index contributed by atoms with van der Waals surface area (Å²) in [5, 5.41) is 0. The summed E-state index contributed by atoms with van der Waals surface area (Å²) in [4.78, 5) is -0.0240. The van der Waals surface area contributed by atoms with Crippen LogP contribution in [0.3, 0.4) is 0 Å². The minimum atomic E-state index is -4.07. The molecule has 0 aliphatic carbocycles. The van der Waals surface area contributed by atoms with Gasteiger partial charge in [-0.2, -0.15) is 8.42 Å². The van der Waals surface area contributed by atoms with E-state index in [2.05, 4.69) is 6.92 Å². The van der Waals surface area contributed by atoms with Crippen LogP contribution in [-0.2, 0) is 16.5 Å². The lowest BCUT2D eigenvalue weighted by atomic mass is 10.0. The zero-order chi connectivity index (χ0) is 21.9. The lowest BCUT2D eigenvalue weighted by Gasteiger charge is -2.04. The molecule has 0 fully saturated rings. The van der Waals surface area contributed by atoms with Gasteiger partial charge in [0.2, 0.25) is 0 Å². The molecule has 1 aromatic rings. The van der Waals surface area contributed by atoms with Crippen molar-refractivity contribution in [3.63, 3.8) is 0 Å². The summed E-state index contributed by atoms with van der Waals surface area (Å²) in [7, 11) is -4.07. The summed E-state index contributed by atoms with van der Waals surface area (Å²) in [6.45, 7) is 2.28. The molecule has 4 heteroatoms. The number of benzene rings is 1. The number of rotatable bonds is 20. The van der Waals surface area contributed by atoms with E-state index in [1.165, 1.54) is 121 Å². The normalized spacial score (nSPS) is 11.8. The largest absolute Gasteiger partial charge is 0.294 e. The molecule has 0 aliphatic rings. The van der Waals surface area contributed by atoms with Gasteiger partial charge in [0.25, 0.3) is 10.1 Å². The zero-order valence-electron chi connectivity index (χ0n) is 19.4. The van der Waals surface area contributed by atoms with E-state index in [0.717, 1.165) is 18.4 Å². The SMILES string of the molecule is CCCCCCCCCCCCCCCCCCCCc1ccc(S(=O)(=O)O)cc1. The summed E-state index contributed by atoms with van der Waals surface area (Å²) in [5.41, 5.74) is 1.14. The van der Waals surface area contributed by atoms with Crippen LogP contribution in [0.1, 0.15) is 128 Å². The molecule has 174 valence electrons. The fourth-order valence-electron chi connectivity index (χ4n) is 4.06. The van der Waals surface area contributed by atoms with Gasteiger partial charge in [-0.3, -0.25) is 4.55 Å². The van der Waals surface area contributed by atoms with Gasteiger partial charge < -0.3 is 0 Å². The first-order valence-electron chi connectivity index (χ1n) is 12.6. The molecule has 30 heavy (non-hydrogen) atoms. The minimum absolute atomic E-state index is 0.0240. The van der Waals surface area contributed by atoms with Crippen molar-refractivity contribution in [2.75, 3.05) is 0 Å². The maximum atomic E-state index is 11.0. The Morgan fingerprint density at radius 2 is 0.900 bits per heavy atom. The van der Waals surface area contributed by atoms with Gasteiger partial charge in [-0.15, -0.1) is 0 Å². The second-order valence-electron chi connectivity index (χ2n) is 8.88. The van der Waals surface area contributed by atoms with Gasteiger partial charge in [-0.05, 0) is 30.5 Å². The molecule has 0 bridgehead atoms. The molecule has 0 aliphatic heterocycles. The number of unbranched alkanes of at least 4 members (excludes halogenated alkanes) is 17. The van der Waals surface area contributed by atoms with Crippen LogP contribution in [0.5, 0.6) is 0 Å². The van der Waals surface area contributed by atoms with Crippen molar-refractivity contribution in [3.05, 3.63) is 29.8 Å². The van der Waals surface area contributed by atoms with E-state index in [1.807, 2.05) is 0 Å². The molecular weight excluding hydrogens is 392 g/mol. The van der Waals surface area contributed by atoms with E-state index in [9.17, 15) is 8.42 Å². The van der Waals surface area contributed by atoms with E-state index in [0.29, 0.717) is 0 Å². The van der Waals surface area contributed by atoms with Crippen LogP contribution in [0.2, 0.25) is 0 Å². The standard InChI is InChI=1S/C26H46O3S/c1-2-3-4-5-6-7-8-9-10-11-12-13-14-15-16-17-18-19-20-25-21-23-26(24-22-25)30(27,28)29/h21-24H,2-20H2,1H3,(H,27,28,29). The van der Waals surface area contributed by atoms with Crippen LogP contribution in [0.25, 0.3) is 0 Å². The first-order valence-corrected chi connectivity index (χ1v) is 14.0. The second-order valence-corrected chi connectivity index (χ2v) is 10.3. The summed E-state index contributed by atoms with van der Waals surface area (Å²) >= 11 is 0. The second kappa shape index (κ2) is 17.8. The van der Waals surface area contributed by atoms with Crippen LogP contribution >= 0.6 is 0 Å². The van der Waals surface area contributed by atoms with Crippen molar-refractivity contribution >= 4 is 10.1 Å². The highest BCUT2D eigenvalue weighted by atomic mass is 32.2. The third-order valence-corrected chi connectivity index (χ3v) is 6.91. The highest BCUT2D eigenvalue weighted by Gasteiger charge is 2.08. The van der Waals surface area contributed by atoms with Crippen LogP contribution < -0.4 is 0 Å². The van der Waals surface area contributed by atoms with Crippen molar-refractivity contribution in [2.45, 2.75) is 134 Å². The molecule has 0 spiro atoms. The van der Waals surface area contributed by atoms with Crippen molar-refractivity contribution in [1.29, 1.82) is 0 Å². The van der Waals surface area contributed by atoms with Crippen molar-refractivity contribution in [1.82, 2.24) is 0 Å². The minimum Gasteiger partial charge on any atom is -0.282 e. The Kier molecular flexibility index (Phi) is 16.1. The smallest absolute Gasteiger partial charge is 0.282 e. The molecule has 3 nitrogen and oxygen atoms in total. The highest BCUT2D eigenvalue weighted by molar-refractivity contribution is 7.85. The van der Waals surface area contributed by atoms with Crippen molar-refractivity contribution in [3.8, 4) is 0 Å². The maximum Gasteiger partial charge on any atom is 0.294 e. The monoisotopic (exact) mass is 438 g/mol. The molecule has 0 aromatic heterocycles. The quantitative estimate of drug-likeness (QED) is 0.164.